The molecule has 2 aliphatic rings. The van der Waals surface area contributed by atoms with E-state index in [1.54, 1.807) is 0 Å². The molecule has 0 radical (unpaired) electrons. The summed E-state index contributed by atoms with van der Waals surface area (Å²) in [5, 5.41) is 13.3. The quantitative estimate of drug-likeness (QED) is 0.860. The number of benzene rings is 1. The van der Waals surface area contributed by atoms with Gasteiger partial charge < -0.3 is 19.9 Å². The first-order chi connectivity index (χ1) is 10.3. The van der Waals surface area contributed by atoms with Gasteiger partial charge in [-0.25, -0.2) is 0 Å². The molecule has 1 saturated heterocycles. The van der Waals surface area contributed by atoms with Gasteiger partial charge in [-0.15, -0.1) is 0 Å². The highest BCUT2D eigenvalue weighted by Crippen LogP contribution is 2.40. The minimum absolute atomic E-state index is 0.00275. The van der Waals surface area contributed by atoms with Crippen molar-refractivity contribution in [3.63, 3.8) is 0 Å². The summed E-state index contributed by atoms with van der Waals surface area (Å²) in [6.07, 6.45) is 1.10. The second-order valence-electron chi connectivity index (χ2n) is 5.36. The maximum Gasteiger partial charge on any atom is 0.175 e. The predicted molar refractivity (Wildman–Crippen MR) is 84.0 cm³/mol. The van der Waals surface area contributed by atoms with Crippen LogP contribution in [0.4, 0.5) is 0 Å². The Labute approximate surface area is 133 Å². The fraction of sp³-hybridized carbons (Fsp3) is 0.600. The Morgan fingerprint density at radius 2 is 2.10 bits per heavy atom. The Morgan fingerprint density at radius 3 is 2.95 bits per heavy atom. The highest BCUT2D eigenvalue weighted by Gasteiger charge is 2.24. The van der Waals surface area contributed by atoms with Crippen LogP contribution in [0.25, 0.3) is 0 Å². The fourth-order valence-electron chi connectivity index (χ4n) is 2.93. The van der Waals surface area contributed by atoms with Crippen molar-refractivity contribution < 1.29 is 14.6 Å². The molecule has 1 unspecified atom stereocenters. The van der Waals surface area contributed by atoms with E-state index in [1.165, 1.54) is 0 Å². The molecule has 0 bridgehead atoms. The van der Waals surface area contributed by atoms with E-state index in [0.717, 1.165) is 54.1 Å². The lowest BCUT2D eigenvalue weighted by atomic mass is 10.0. The molecule has 5 nitrogen and oxygen atoms in total. The van der Waals surface area contributed by atoms with Crippen molar-refractivity contribution in [2.45, 2.75) is 12.5 Å². The van der Waals surface area contributed by atoms with E-state index < -0.39 is 0 Å². The normalized spacial score (nSPS) is 20.9. The molecule has 0 spiro atoms. The van der Waals surface area contributed by atoms with Gasteiger partial charge >= 0.3 is 0 Å². The van der Waals surface area contributed by atoms with Crippen molar-refractivity contribution in [1.29, 1.82) is 0 Å². The van der Waals surface area contributed by atoms with E-state index in [2.05, 4.69) is 26.1 Å². The van der Waals surface area contributed by atoms with E-state index >= 15 is 0 Å². The van der Waals surface area contributed by atoms with Gasteiger partial charge in [-0.3, -0.25) is 4.90 Å². The van der Waals surface area contributed by atoms with Crippen LogP contribution in [-0.2, 0) is 0 Å². The van der Waals surface area contributed by atoms with E-state index in [1.807, 2.05) is 12.1 Å². The third-order valence-electron chi connectivity index (χ3n) is 3.99. The lowest BCUT2D eigenvalue weighted by Gasteiger charge is -2.30. The molecular formula is C15H21BrN2O3. The minimum Gasteiger partial charge on any atom is -0.486 e. The summed E-state index contributed by atoms with van der Waals surface area (Å²) in [6.45, 7) is 5.18. The first-order valence-corrected chi connectivity index (χ1v) is 8.23. The zero-order valence-electron chi connectivity index (χ0n) is 12.0. The molecule has 116 valence electrons. The van der Waals surface area contributed by atoms with E-state index in [0.29, 0.717) is 13.2 Å². The molecule has 1 aromatic rings. The van der Waals surface area contributed by atoms with Gasteiger partial charge in [0, 0.05) is 19.6 Å². The molecule has 21 heavy (non-hydrogen) atoms. The zero-order chi connectivity index (χ0) is 14.7. The van der Waals surface area contributed by atoms with Gasteiger partial charge in [0.15, 0.2) is 11.5 Å². The van der Waals surface area contributed by atoms with Crippen LogP contribution < -0.4 is 14.8 Å². The average molecular weight is 357 g/mol. The Morgan fingerprint density at radius 1 is 1.24 bits per heavy atom. The van der Waals surface area contributed by atoms with Crippen LogP contribution in [0.1, 0.15) is 18.0 Å². The third kappa shape index (κ3) is 3.34. The molecule has 1 atom stereocenters. The van der Waals surface area contributed by atoms with Crippen molar-refractivity contribution in [3.05, 3.63) is 22.2 Å². The molecule has 6 heteroatoms. The molecule has 1 fully saturated rings. The standard InChI is InChI=1S/C15H21BrN2O3/c16-12-8-11(9-14-15(12)21-7-6-20-14)13(10-19)18-4-1-2-17-3-5-18/h8-9,13,17,19H,1-7,10H2. The van der Waals surface area contributed by atoms with Gasteiger partial charge in [-0.1, -0.05) is 0 Å². The van der Waals surface area contributed by atoms with E-state index in [4.69, 9.17) is 9.47 Å². The van der Waals surface area contributed by atoms with Crippen LogP contribution in [0.3, 0.4) is 0 Å². The molecule has 2 aliphatic heterocycles. The number of aliphatic hydroxyl groups excluding tert-OH is 1. The summed E-state index contributed by atoms with van der Waals surface area (Å²) in [5.74, 6) is 1.52. The fourth-order valence-corrected chi connectivity index (χ4v) is 3.51. The summed E-state index contributed by atoms with van der Waals surface area (Å²) in [7, 11) is 0. The third-order valence-corrected chi connectivity index (χ3v) is 4.58. The monoisotopic (exact) mass is 356 g/mol. The molecule has 0 amide bonds. The van der Waals surface area contributed by atoms with Gasteiger partial charge in [0.1, 0.15) is 13.2 Å². The number of aliphatic hydroxyl groups is 1. The van der Waals surface area contributed by atoms with Crippen molar-refractivity contribution in [2.75, 3.05) is 46.0 Å². The number of fused-ring (bicyclic) bond motifs is 1. The summed E-state index contributed by atoms with van der Waals surface area (Å²) < 4.78 is 12.2. The van der Waals surface area contributed by atoms with Crippen molar-refractivity contribution in [3.8, 4) is 11.5 Å². The molecule has 0 aliphatic carbocycles. The first-order valence-electron chi connectivity index (χ1n) is 7.44. The van der Waals surface area contributed by atoms with Crippen LogP contribution in [0, 0.1) is 0 Å². The van der Waals surface area contributed by atoms with Crippen LogP contribution >= 0.6 is 15.9 Å². The Balaban J connectivity index is 1.87. The van der Waals surface area contributed by atoms with Gasteiger partial charge in [-0.05, 0) is 46.6 Å². The van der Waals surface area contributed by atoms with Crippen LogP contribution in [0.5, 0.6) is 11.5 Å². The molecule has 2 heterocycles. The van der Waals surface area contributed by atoms with Crippen LogP contribution in [-0.4, -0.2) is 56.0 Å². The Bertz CT molecular complexity index is 490. The van der Waals surface area contributed by atoms with Crippen LogP contribution in [0.2, 0.25) is 0 Å². The van der Waals surface area contributed by atoms with E-state index in [9.17, 15) is 5.11 Å². The number of rotatable bonds is 3. The minimum atomic E-state index is -0.00275. The predicted octanol–water partition coefficient (Wildman–Crippen LogP) is 1.55. The molecule has 0 aromatic heterocycles. The lowest BCUT2D eigenvalue weighted by Crippen LogP contribution is -2.34. The second-order valence-corrected chi connectivity index (χ2v) is 6.22. The zero-order valence-corrected chi connectivity index (χ0v) is 13.6. The largest absolute Gasteiger partial charge is 0.486 e. The molecule has 2 N–H and O–H groups in total. The molecule has 1 aromatic carbocycles. The molecular weight excluding hydrogens is 336 g/mol. The highest BCUT2D eigenvalue weighted by molar-refractivity contribution is 9.10. The number of nitrogens with one attached hydrogen (secondary N) is 1. The summed E-state index contributed by atoms with van der Waals surface area (Å²) >= 11 is 3.55. The maximum absolute atomic E-state index is 9.87. The number of halogens is 1. The van der Waals surface area contributed by atoms with E-state index in [-0.39, 0.29) is 12.6 Å². The topological polar surface area (TPSA) is 54.0 Å². The van der Waals surface area contributed by atoms with Gasteiger partial charge in [0.2, 0.25) is 0 Å². The molecule has 0 saturated carbocycles. The highest BCUT2D eigenvalue weighted by atomic mass is 79.9. The van der Waals surface area contributed by atoms with Crippen molar-refractivity contribution >= 4 is 15.9 Å². The second kappa shape index (κ2) is 6.96. The van der Waals surface area contributed by atoms with Gasteiger partial charge in [0.05, 0.1) is 17.1 Å². The average Bonchev–Trinajstić information content (AvgIpc) is 2.77. The summed E-state index contributed by atoms with van der Waals surface area (Å²) in [5.41, 5.74) is 1.07. The van der Waals surface area contributed by atoms with Crippen LogP contribution in [0.15, 0.2) is 16.6 Å². The number of hydrogen-bond donors (Lipinski definition) is 2. The maximum atomic E-state index is 9.87. The van der Waals surface area contributed by atoms with Crippen molar-refractivity contribution in [2.24, 2.45) is 0 Å². The van der Waals surface area contributed by atoms with Gasteiger partial charge in [0.25, 0.3) is 0 Å². The number of ether oxygens (including phenoxy) is 2. The smallest absolute Gasteiger partial charge is 0.175 e. The Kier molecular flexibility index (Phi) is 5.00. The SMILES string of the molecule is OCC(c1cc(Br)c2c(c1)OCCO2)N1CCCNCC1. The number of nitrogens with zero attached hydrogens (tertiary/aromatic N) is 1. The Hall–Kier alpha value is -0.820. The first kappa shape index (κ1) is 15.1. The van der Waals surface area contributed by atoms with Crippen molar-refractivity contribution in [1.82, 2.24) is 10.2 Å². The lowest BCUT2D eigenvalue weighted by molar-refractivity contribution is 0.128. The summed E-state index contributed by atoms with van der Waals surface area (Å²) in [4.78, 5) is 2.33. The summed E-state index contributed by atoms with van der Waals surface area (Å²) in [6, 6.07) is 4.03. The number of hydrogen-bond acceptors (Lipinski definition) is 5. The molecule has 3 rings (SSSR count). The van der Waals surface area contributed by atoms with Gasteiger partial charge in [-0.2, -0.15) is 0 Å².